The Hall–Kier alpha value is -3.70. The lowest BCUT2D eigenvalue weighted by Crippen LogP contribution is -2.15. The molecule has 3 N–H and O–H groups in total. The molecule has 0 amide bonds. The van der Waals surface area contributed by atoms with Crippen molar-refractivity contribution in [1.29, 1.82) is 0 Å². The van der Waals surface area contributed by atoms with Gasteiger partial charge in [-0.05, 0) is 37.3 Å². The third kappa shape index (κ3) is 6.40. The van der Waals surface area contributed by atoms with E-state index in [1.54, 1.807) is 25.2 Å². The van der Waals surface area contributed by atoms with Crippen LogP contribution >= 0.6 is 11.6 Å². The number of benzene rings is 1. The van der Waals surface area contributed by atoms with E-state index in [1.165, 1.54) is 24.5 Å². The molecule has 1 atom stereocenters. The first-order valence-electron chi connectivity index (χ1n) is 9.70. The number of aromatic nitrogens is 4. The average Bonchev–Trinajstić information content (AvgIpc) is 3.11. The van der Waals surface area contributed by atoms with Crippen molar-refractivity contribution in [2.24, 2.45) is 0 Å². The Labute approximate surface area is 192 Å². The molecule has 1 aliphatic heterocycles. The van der Waals surface area contributed by atoms with E-state index in [0.717, 1.165) is 29.3 Å². The fourth-order valence-electron chi connectivity index (χ4n) is 2.95. The van der Waals surface area contributed by atoms with Crippen LogP contribution in [0.15, 0.2) is 49.3 Å². The van der Waals surface area contributed by atoms with Gasteiger partial charge in [-0.1, -0.05) is 31.0 Å². The Morgan fingerprint density at radius 2 is 1.97 bits per heavy atom. The van der Waals surface area contributed by atoms with Crippen LogP contribution in [0.4, 0.5) is 27.7 Å². The van der Waals surface area contributed by atoms with Crippen LogP contribution in [-0.4, -0.2) is 33.5 Å². The highest BCUT2D eigenvalue weighted by molar-refractivity contribution is 6.30. The third-order valence-corrected chi connectivity index (χ3v) is 4.68. The highest BCUT2D eigenvalue weighted by Crippen LogP contribution is 2.42. The average molecular weight is 454 g/mol. The lowest BCUT2D eigenvalue weighted by molar-refractivity contribution is 0.627. The zero-order chi connectivity index (χ0) is 23.7. The summed E-state index contributed by atoms with van der Waals surface area (Å²) in [6.45, 7) is 7.95. The van der Waals surface area contributed by atoms with E-state index in [0.29, 0.717) is 16.9 Å². The van der Waals surface area contributed by atoms with Crippen LogP contribution in [0.2, 0.25) is 5.15 Å². The maximum absolute atomic E-state index is 13.1. The minimum atomic E-state index is -0.252. The molecule has 3 heterocycles. The Bertz CT molecular complexity index is 1080. The SMILES string of the molecule is C#CC=C.CNc1nc(Cl)c2c(n1)N(c1ccc(F)cc1)CC2C.Cc1cc(N)ncn1. The van der Waals surface area contributed by atoms with Crippen molar-refractivity contribution in [1.82, 2.24) is 19.9 Å². The minimum absolute atomic E-state index is 0.230. The molecular formula is C23H25ClFN7. The number of halogens is 2. The second-order valence-electron chi connectivity index (χ2n) is 6.77. The number of nitrogens with one attached hydrogen (secondary N) is 1. The van der Waals surface area contributed by atoms with Gasteiger partial charge in [-0.2, -0.15) is 4.98 Å². The molecule has 3 aromatic rings. The zero-order valence-electron chi connectivity index (χ0n) is 18.2. The van der Waals surface area contributed by atoms with E-state index in [-0.39, 0.29) is 11.7 Å². The number of nitrogens with zero attached hydrogens (tertiary/aromatic N) is 5. The Morgan fingerprint density at radius 1 is 1.31 bits per heavy atom. The van der Waals surface area contributed by atoms with E-state index in [9.17, 15) is 4.39 Å². The number of anilines is 4. The predicted octanol–water partition coefficient (Wildman–Crippen LogP) is 4.74. The molecule has 0 saturated carbocycles. The minimum Gasteiger partial charge on any atom is -0.384 e. The number of rotatable bonds is 2. The summed E-state index contributed by atoms with van der Waals surface area (Å²) in [7, 11) is 1.75. The molecule has 1 aliphatic rings. The van der Waals surface area contributed by atoms with Gasteiger partial charge in [-0.3, -0.25) is 0 Å². The first-order valence-corrected chi connectivity index (χ1v) is 10.1. The van der Waals surface area contributed by atoms with E-state index in [1.807, 2.05) is 11.8 Å². The first-order chi connectivity index (χ1) is 15.3. The summed E-state index contributed by atoms with van der Waals surface area (Å²) < 4.78 is 13.1. The van der Waals surface area contributed by atoms with Gasteiger partial charge >= 0.3 is 0 Å². The van der Waals surface area contributed by atoms with Crippen molar-refractivity contribution in [2.45, 2.75) is 19.8 Å². The van der Waals surface area contributed by atoms with Gasteiger partial charge in [0.2, 0.25) is 5.95 Å². The Morgan fingerprint density at radius 3 is 2.47 bits per heavy atom. The second kappa shape index (κ2) is 11.6. The van der Waals surface area contributed by atoms with Crippen molar-refractivity contribution in [3.8, 4) is 12.3 Å². The quantitative estimate of drug-likeness (QED) is 0.427. The van der Waals surface area contributed by atoms with Gasteiger partial charge in [0.15, 0.2) is 0 Å². The van der Waals surface area contributed by atoms with Crippen molar-refractivity contribution in [3.63, 3.8) is 0 Å². The smallest absolute Gasteiger partial charge is 0.225 e. The maximum atomic E-state index is 13.1. The van der Waals surface area contributed by atoms with E-state index in [4.69, 9.17) is 17.3 Å². The Kier molecular flexibility index (Phi) is 8.93. The van der Waals surface area contributed by atoms with E-state index < -0.39 is 0 Å². The number of nitrogen functional groups attached to an aromatic ring is 1. The van der Waals surface area contributed by atoms with Gasteiger partial charge in [0.05, 0.1) is 0 Å². The van der Waals surface area contributed by atoms with Crippen LogP contribution in [0.5, 0.6) is 0 Å². The molecule has 0 spiro atoms. The molecule has 166 valence electrons. The van der Waals surface area contributed by atoms with Crippen LogP contribution in [-0.2, 0) is 0 Å². The number of hydrogen-bond donors (Lipinski definition) is 2. The molecule has 9 heteroatoms. The zero-order valence-corrected chi connectivity index (χ0v) is 18.9. The van der Waals surface area contributed by atoms with Crippen LogP contribution in [0.3, 0.4) is 0 Å². The summed E-state index contributed by atoms with van der Waals surface area (Å²) in [4.78, 5) is 18.3. The third-order valence-electron chi connectivity index (χ3n) is 4.39. The first kappa shape index (κ1) is 24.6. The summed E-state index contributed by atoms with van der Waals surface area (Å²) in [5, 5.41) is 3.37. The summed E-state index contributed by atoms with van der Waals surface area (Å²) in [5.41, 5.74) is 8.04. The maximum Gasteiger partial charge on any atom is 0.225 e. The summed E-state index contributed by atoms with van der Waals surface area (Å²) >= 11 is 6.25. The number of fused-ring (bicyclic) bond motifs is 1. The molecule has 4 rings (SSSR count). The predicted molar refractivity (Wildman–Crippen MR) is 129 cm³/mol. The highest BCUT2D eigenvalue weighted by atomic mass is 35.5. The normalized spacial score (nSPS) is 13.5. The molecule has 1 unspecified atom stereocenters. The lowest BCUT2D eigenvalue weighted by atomic mass is 10.1. The van der Waals surface area contributed by atoms with Gasteiger partial charge in [0.25, 0.3) is 0 Å². The van der Waals surface area contributed by atoms with Crippen LogP contribution in [0, 0.1) is 25.1 Å². The summed E-state index contributed by atoms with van der Waals surface area (Å²) in [5.74, 6) is 3.97. The molecule has 0 fully saturated rings. The van der Waals surface area contributed by atoms with Crippen molar-refractivity contribution < 1.29 is 4.39 Å². The number of nitrogens with two attached hydrogens (primary N) is 1. The second-order valence-corrected chi connectivity index (χ2v) is 7.13. The van der Waals surface area contributed by atoms with Crippen LogP contribution < -0.4 is 16.0 Å². The molecule has 0 bridgehead atoms. The molecular weight excluding hydrogens is 429 g/mol. The fourth-order valence-corrected chi connectivity index (χ4v) is 3.30. The largest absolute Gasteiger partial charge is 0.384 e. The molecule has 32 heavy (non-hydrogen) atoms. The van der Waals surface area contributed by atoms with Crippen LogP contribution in [0.25, 0.3) is 0 Å². The summed E-state index contributed by atoms with van der Waals surface area (Å²) in [6.07, 6.45) is 7.51. The van der Waals surface area contributed by atoms with Gasteiger partial charge in [-0.15, -0.1) is 6.42 Å². The van der Waals surface area contributed by atoms with Crippen molar-refractivity contribution in [3.05, 3.63) is 71.5 Å². The van der Waals surface area contributed by atoms with Gasteiger partial charge in [0.1, 0.15) is 28.9 Å². The number of aryl methyl sites for hydroxylation is 1. The molecule has 0 radical (unpaired) electrons. The molecule has 2 aromatic heterocycles. The van der Waals surface area contributed by atoms with Gasteiger partial charge in [0, 0.05) is 42.5 Å². The lowest BCUT2D eigenvalue weighted by Gasteiger charge is -2.19. The number of terminal acetylenes is 1. The number of hydrogen-bond acceptors (Lipinski definition) is 7. The van der Waals surface area contributed by atoms with Crippen molar-refractivity contribution >= 4 is 34.9 Å². The highest BCUT2D eigenvalue weighted by Gasteiger charge is 2.31. The molecule has 1 aromatic carbocycles. The Balaban J connectivity index is 0.000000250. The van der Waals surface area contributed by atoms with E-state index in [2.05, 4.69) is 51.1 Å². The van der Waals surface area contributed by atoms with Gasteiger partial charge < -0.3 is 16.0 Å². The monoisotopic (exact) mass is 453 g/mol. The summed E-state index contributed by atoms with van der Waals surface area (Å²) in [6, 6.07) is 8.10. The number of allylic oxidation sites excluding steroid dienone is 1. The standard InChI is InChI=1S/C14H14ClFN4.C5H7N3.C4H4/c1-8-7-20(10-5-3-9(16)4-6-10)13-11(8)12(15)18-14(17-2)19-13;1-4-2-5(6)8-3-7-4;1-3-4-2/h3-6,8H,7H2,1-2H3,(H,17,18,19);2-3H,1H3,(H2,6,7,8);1,4H,2H2. The van der Waals surface area contributed by atoms with Crippen LogP contribution in [0.1, 0.15) is 24.1 Å². The van der Waals surface area contributed by atoms with Gasteiger partial charge in [-0.25, -0.2) is 19.3 Å². The van der Waals surface area contributed by atoms with Crippen molar-refractivity contribution in [2.75, 3.05) is 29.5 Å². The fraction of sp³-hybridized carbons (Fsp3) is 0.217. The molecule has 0 aliphatic carbocycles. The topological polar surface area (TPSA) is 92.9 Å². The molecule has 0 saturated heterocycles. The van der Waals surface area contributed by atoms with E-state index >= 15 is 0 Å². The molecule has 7 nitrogen and oxygen atoms in total.